The van der Waals surface area contributed by atoms with Crippen molar-refractivity contribution in [3.63, 3.8) is 0 Å². The van der Waals surface area contributed by atoms with Crippen molar-refractivity contribution in [3.8, 4) is 11.1 Å². The summed E-state index contributed by atoms with van der Waals surface area (Å²) in [4.78, 5) is 24.5. The fraction of sp³-hybridized carbons (Fsp3) is 0.385. The molecule has 0 bridgehead atoms. The van der Waals surface area contributed by atoms with E-state index >= 15 is 0 Å². The molecule has 7 nitrogen and oxygen atoms in total. The molecular formula is C26H30N4O3. The van der Waals surface area contributed by atoms with Crippen LogP contribution >= 0.6 is 0 Å². The third kappa shape index (κ3) is 5.20. The van der Waals surface area contributed by atoms with Gasteiger partial charge in [-0.3, -0.25) is 9.78 Å². The average molecular weight is 447 g/mol. The number of carboxylic acid groups (broad SMARTS) is 1. The summed E-state index contributed by atoms with van der Waals surface area (Å²) in [6.45, 7) is 5.75. The standard InChI is InChI=1S/C26H30N4O3/c1-16-12-20(14-22(13-16)30-25-27-11-10-17(2)29-25)19-6-9-23(28-15-19)26(3,33)21-7-4-18(5-8-21)24(31)32/h6,9-15,18,21,33H,4-5,7-8H2,1-3H3,(H,31,32)(H,27,29,30)/t18?,21?,26-/m1/s1. The minimum Gasteiger partial charge on any atom is -0.481 e. The van der Waals surface area contributed by atoms with Crippen LogP contribution in [0.25, 0.3) is 11.1 Å². The predicted octanol–water partition coefficient (Wildman–Crippen LogP) is 5.00. The molecular weight excluding hydrogens is 416 g/mol. The Balaban J connectivity index is 1.52. The molecule has 172 valence electrons. The third-order valence-corrected chi connectivity index (χ3v) is 6.62. The van der Waals surface area contributed by atoms with Crippen LogP contribution in [0.15, 0.2) is 48.8 Å². The minimum atomic E-state index is -1.09. The molecule has 3 N–H and O–H groups in total. The van der Waals surface area contributed by atoms with Crippen LogP contribution in [0.4, 0.5) is 11.6 Å². The van der Waals surface area contributed by atoms with Crippen LogP contribution in [0.1, 0.15) is 49.6 Å². The van der Waals surface area contributed by atoms with Gasteiger partial charge in [-0.05, 0) is 87.8 Å². The van der Waals surface area contributed by atoms with Crippen LogP contribution in [0.5, 0.6) is 0 Å². The van der Waals surface area contributed by atoms with Gasteiger partial charge in [0.1, 0.15) is 5.60 Å². The lowest BCUT2D eigenvalue weighted by Gasteiger charge is -2.36. The molecule has 0 spiro atoms. The quantitative estimate of drug-likeness (QED) is 0.489. The summed E-state index contributed by atoms with van der Waals surface area (Å²) in [6.07, 6.45) is 6.07. The maximum Gasteiger partial charge on any atom is 0.306 e. The Kier molecular flexibility index (Phi) is 6.42. The summed E-state index contributed by atoms with van der Waals surface area (Å²) in [6, 6.07) is 11.9. The number of aromatic nitrogens is 3. The van der Waals surface area contributed by atoms with Gasteiger partial charge < -0.3 is 15.5 Å². The second-order valence-electron chi connectivity index (χ2n) is 9.20. The van der Waals surface area contributed by atoms with E-state index in [1.54, 1.807) is 19.3 Å². The highest BCUT2D eigenvalue weighted by Gasteiger charge is 2.38. The Morgan fingerprint density at radius 1 is 1.03 bits per heavy atom. The highest BCUT2D eigenvalue weighted by atomic mass is 16.4. The van der Waals surface area contributed by atoms with E-state index in [0.29, 0.717) is 37.3 Å². The van der Waals surface area contributed by atoms with Crippen molar-refractivity contribution < 1.29 is 15.0 Å². The third-order valence-electron chi connectivity index (χ3n) is 6.62. The Hall–Kier alpha value is -3.32. The highest BCUT2D eigenvalue weighted by Crippen LogP contribution is 2.40. The molecule has 0 aliphatic heterocycles. The molecule has 1 atom stereocenters. The van der Waals surface area contributed by atoms with Crippen molar-refractivity contribution in [1.82, 2.24) is 15.0 Å². The number of carbonyl (C=O) groups is 1. The number of hydrogen-bond acceptors (Lipinski definition) is 6. The molecule has 1 aliphatic rings. The first-order valence-corrected chi connectivity index (χ1v) is 11.3. The number of aliphatic hydroxyl groups is 1. The van der Waals surface area contributed by atoms with Crippen LogP contribution in [0.2, 0.25) is 0 Å². The van der Waals surface area contributed by atoms with E-state index in [1.807, 2.05) is 44.2 Å². The monoisotopic (exact) mass is 446 g/mol. The summed E-state index contributed by atoms with van der Waals surface area (Å²) < 4.78 is 0. The lowest BCUT2D eigenvalue weighted by atomic mass is 9.73. The number of aryl methyl sites for hydroxylation is 2. The Morgan fingerprint density at radius 3 is 2.42 bits per heavy atom. The number of benzene rings is 1. The molecule has 0 amide bonds. The summed E-state index contributed by atoms with van der Waals surface area (Å²) >= 11 is 0. The number of aliphatic carboxylic acids is 1. The highest BCUT2D eigenvalue weighted by molar-refractivity contribution is 5.71. The molecule has 7 heteroatoms. The zero-order chi connectivity index (χ0) is 23.6. The number of nitrogens with one attached hydrogen (secondary N) is 1. The fourth-order valence-electron chi connectivity index (χ4n) is 4.64. The Morgan fingerprint density at radius 2 is 1.79 bits per heavy atom. The van der Waals surface area contributed by atoms with Crippen molar-refractivity contribution in [2.75, 3.05) is 5.32 Å². The first-order chi connectivity index (χ1) is 15.7. The summed E-state index contributed by atoms with van der Waals surface area (Å²) in [7, 11) is 0. The van der Waals surface area contributed by atoms with E-state index in [0.717, 1.165) is 28.1 Å². The maximum atomic E-state index is 11.2. The van der Waals surface area contributed by atoms with Crippen molar-refractivity contribution >= 4 is 17.6 Å². The van der Waals surface area contributed by atoms with Crippen LogP contribution in [-0.4, -0.2) is 31.1 Å². The van der Waals surface area contributed by atoms with Gasteiger partial charge in [-0.25, -0.2) is 9.97 Å². The van der Waals surface area contributed by atoms with Crippen molar-refractivity contribution in [2.24, 2.45) is 11.8 Å². The summed E-state index contributed by atoms with van der Waals surface area (Å²) in [5, 5.41) is 23.7. The molecule has 33 heavy (non-hydrogen) atoms. The molecule has 0 saturated heterocycles. The second-order valence-corrected chi connectivity index (χ2v) is 9.20. The van der Waals surface area contributed by atoms with E-state index in [1.165, 1.54) is 0 Å². The van der Waals surface area contributed by atoms with Crippen LogP contribution < -0.4 is 5.32 Å². The van der Waals surface area contributed by atoms with Gasteiger partial charge >= 0.3 is 5.97 Å². The van der Waals surface area contributed by atoms with E-state index in [-0.39, 0.29) is 11.8 Å². The maximum absolute atomic E-state index is 11.2. The van der Waals surface area contributed by atoms with E-state index in [4.69, 9.17) is 0 Å². The van der Waals surface area contributed by atoms with Gasteiger partial charge in [0.05, 0.1) is 11.6 Å². The van der Waals surface area contributed by atoms with Crippen molar-refractivity contribution in [3.05, 3.63) is 65.7 Å². The lowest BCUT2D eigenvalue weighted by Crippen LogP contribution is -2.36. The molecule has 2 heterocycles. The van der Waals surface area contributed by atoms with Gasteiger partial charge in [-0.1, -0.05) is 12.1 Å². The van der Waals surface area contributed by atoms with E-state index in [2.05, 4.69) is 26.3 Å². The SMILES string of the molecule is Cc1cc(Nc2nccc(C)n2)cc(-c2ccc([C@](C)(O)C3CCC(C(=O)O)CC3)nc2)c1. The van der Waals surface area contributed by atoms with E-state index in [9.17, 15) is 15.0 Å². The fourth-order valence-corrected chi connectivity index (χ4v) is 4.64. The number of carboxylic acids is 1. The smallest absolute Gasteiger partial charge is 0.306 e. The van der Waals surface area contributed by atoms with Gasteiger partial charge in [-0.2, -0.15) is 0 Å². The molecule has 1 fully saturated rings. The molecule has 1 aromatic carbocycles. The number of hydrogen-bond donors (Lipinski definition) is 3. The zero-order valence-electron chi connectivity index (χ0n) is 19.2. The summed E-state index contributed by atoms with van der Waals surface area (Å²) in [5.41, 5.74) is 4.35. The van der Waals surface area contributed by atoms with Gasteiger partial charge in [0, 0.05) is 29.3 Å². The number of rotatable bonds is 6. The molecule has 4 rings (SSSR count). The Bertz CT molecular complexity index is 1140. The molecule has 3 aromatic rings. The van der Waals surface area contributed by atoms with Gasteiger partial charge in [-0.15, -0.1) is 0 Å². The van der Waals surface area contributed by atoms with Crippen LogP contribution in [0, 0.1) is 25.7 Å². The first-order valence-electron chi connectivity index (χ1n) is 11.3. The Labute approximate surface area is 194 Å². The van der Waals surface area contributed by atoms with Crippen LogP contribution in [-0.2, 0) is 10.4 Å². The molecule has 0 unspecified atom stereocenters. The average Bonchev–Trinajstić information content (AvgIpc) is 2.79. The van der Waals surface area contributed by atoms with Gasteiger partial charge in [0.25, 0.3) is 0 Å². The number of pyridine rings is 1. The lowest BCUT2D eigenvalue weighted by molar-refractivity contribution is -0.144. The molecule has 0 radical (unpaired) electrons. The largest absolute Gasteiger partial charge is 0.481 e. The van der Waals surface area contributed by atoms with E-state index < -0.39 is 11.6 Å². The van der Waals surface area contributed by atoms with Crippen LogP contribution in [0.3, 0.4) is 0 Å². The minimum absolute atomic E-state index is 0.00412. The number of anilines is 2. The number of nitrogens with zero attached hydrogens (tertiary/aromatic N) is 3. The molecule has 1 saturated carbocycles. The summed E-state index contributed by atoms with van der Waals surface area (Å²) in [5.74, 6) is -0.498. The van der Waals surface area contributed by atoms with Gasteiger partial charge in [0.2, 0.25) is 5.95 Å². The molecule has 2 aromatic heterocycles. The predicted molar refractivity (Wildman–Crippen MR) is 127 cm³/mol. The van der Waals surface area contributed by atoms with Crippen molar-refractivity contribution in [1.29, 1.82) is 0 Å². The molecule has 1 aliphatic carbocycles. The van der Waals surface area contributed by atoms with Gasteiger partial charge in [0.15, 0.2) is 0 Å². The first kappa shape index (κ1) is 22.9. The van der Waals surface area contributed by atoms with Crippen molar-refractivity contribution in [2.45, 2.75) is 52.1 Å². The second kappa shape index (κ2) is 9.27. The zero-order valence-corrected chi connectivity index (χ0v) is 19.2. The normalized spacial score (nSPS) is 20.1. The topological polar surface area (TPSA) is 108 Å².